The molecule has 21 heavy (non-hydrogen) atoms. The van der Waals surface area contributed by atoms with Crippen molar-refractivity contribution in [3.05, 3.63) is 45.1 Å². The second kappa shape index (κ2) is 6.18. The van der Waals surface area contributed by atoms with Gasteiger partial charge in [-0.1, -0.05) is 16.8 Å². The van der Waals surface area contributed by atoms with E-state index < -0.39 is 10.8 Å². The standard InChI is InChI=1S/C11H10ClN5O4/c1-13-10-7(12)2-6(3-8(10)17(19)20)11(18)14-4-9-15-5-21-16-9/h2-3,5,13H,4H2,1H3,(H,14,18). The van der Waals surface area contributed by atoms with E-state index in [0.29, 0.717) is 0 Å². The number of anilines is 1. The smallest absolute Gasteiger partial charge is 0.294 e. The monoisotopic (exact) mass is 311 g/mol. The molecule has 1 amide bonds. The molecule has 2 aromatic rings. The maximum absolute atomic E-state index is 12.0. The molecule has 0 bridgehead atoms. The summed E-state index contributed by atoms with van der Waals surface area (Å²) in [4.78, 5) is 26.1. The summed E-state index contributed by atoms with van der Waals surface area (Å²) >= 11 is 5.94. The Morgan fingerprint density at radius 2 is 2.29 bits per heavy atom. The molecule has 0 unspecified atom stereocenters. The summed E-state index contributed by atoms with van der Waals surface area (Å²) in [6, 6.07) is 2.48. The lowest BCUT2D eigenvalue weighted by atomic mass is 10.1. The molecule has 2 N–H and O–H groups in total. The third-order valence-electron chi connectivity index (χ3n) is 2.59. The second-order valence-corrected chi connectivity index (χ2v) is 4.30. The van der Waals surface area contributed by atoms with Gasteiger partial charge >= 0.3 is 0 Å². The SMILES string of the molecule is CNc1c(Cl)cc(C(=O)NCc2ncon2)cc1[N+](=O)[O-]. The Hall–Kier alpha value is -2.68. The van der Waals surface area contributed by atoms with E-state index in [2.05, 4.69) is 25.3 Å². The number of hydrogen-bond acceptors (Lipinski definition) is 7. The van der Waals surface area contributed by atoms with Crippen LogP contribution in [0.5, 0.6) is 0 Å². The highest BCUT2D eigenvalue weighted by atomic mass is 35.5. The van der Waals surface area contributed by atoms with Gasteiger partial charge in [0.15, 0.2) is 5.82 Å². The zero-order valence-corrected chi connectivity index (χ0v) is 11.5. The van der Waals surface area contributed by atoms with Gasteiger partial charge in [0.25, 0.3) is 11.6 Å². The molecule has 0 aliphatic rings. The Balaban J connectivity index is 2.23. The molecule has 1 heterocycles. The molecule has 2 rings (SSSR count). The minimum absolute atomic E-state index is 0.0362. The summed E-state index contributed by atoms with van der Waals surface area (Å²) in [6.45, 7) is 0.0362. The molecule has 110 valence electrons. The van der Waals surface area contributed by atoms with E-state index in [-0.39, 0.29) is 34.3 Å². The molecule has 0 saturated carbocycles. The number of nitro benzene ring substituents is 1. The quantitative estimate of drug-likeness (QED) is 0.635. The van der Waals surface area contributed by atoms with Crippen molar-refractivity contribution in [3.63, 3.8) is 0 Å². The van der Waals surface area contributed by atoms with Gasteiger partial charge in [0, 0.05) is 18.7 Å². The first-order valence-corrected chi connectivity index (χ1v) is 6.10. The molecular formula is C11H10ClN5O4. The van der Waals surface area contributed by atoms with Gasteiger partial charge in [0.05, 0.1) is 16.5 Å². The Morgan fingerprint density at radius 1 is 1.52 bits per heavy atom. The molecule has 10 heteroatoms. The number of carbonyl (C=O) groups excluding carboxylic acids is 1. The number of rotatable bonds is 5. The third-order valence-corrected chi connectivity index (χ3v) is 2.89. The van der Waals surface area contributed by atoms with Crippen molar-refractivity contribution >= 4 is 28.9 Å². The molecule has 0 radical (unpaired) electrons. The summed E-state index contributed by atoms with van der Waals surface area (Å²) in [5.41, 5.74) is -0.0692. The first kappa shape index (κ1) is 14.7. The van der Waals surface area contributed by atoms with E-state index in [4.69, 9.17) is 11.6 Å². The molecule has 0 aliphatic heterocycles. The lowest BCUT2D eigenvalue weighted by Crippen LogP contribution is -2.23. The van der Waals surface area contributed by atoms with E-state index in [1.807, 2.05) is 0 Å². The largest absolute Gasteiger partial charge is 0.381 e. The topological polar surface area (TPSA) is 123 Å². The number of halogens is 1. The van der Waals surface area contributed by atoms with E-state index in [1.165, 1.54) is 13.1 Å². The Labute approximate surface area is 123 Å². The van der Waals surface area contributed by atoms with Crippen LogP contribution in [-0.4, -0.2) is 28.0 Å². The van der Waals surface area contributed by atoms with Crippen LogP contribution >= 0.6 is 11.6 Å². The summed E-state index contributed by atoms with van der Waals surface area (Å²) in [6.07, 6.45) is 1.13. The minimum atomic E-state index is -0.617. The van der Waals surface area contributed by atoms with E-state index in [0.717, 1.165) is 12.5 Å². The number of aromatic nitrogens is 2. The molecule has 1 aromatic heterocycles. The van der Waals surface area contributed by atoms with Crippen molar-refractivity contribution < 1.29 is 14.2 Å². The number of amides is 1. The van der Waals surface area contributed by atoms with Gasteiger partial charge in [0.2, 0.25) is 6.39 Å². The van der Waals surface area contributed by atoms with Gasteiger partial charge in [-0.25, -0.2) is 0 Å². The Kier molecular flexibility index (Phi) is 4.33. The zero-order valence-electron chi connectivity index (χ0n) is 10.8. The summed E-state index contributed by atoms with van der Waals surface area (Å²) < 4.78 is 4.52. The fourth-order valence-corrected chi connectivity index (χ4v) is 1.96. The fourth-order valence-electron chi connectivity index (χ4n) is 1.65. The fraction of sp³-hybridized carbons (Fsp3) is 0.182. The van der Waals surface area contributed by atoms with Crippen molar-refractivity contribution in [1.82, 2.24) is 15.5 Å². The molecule has 0 aliphatic carbocycles. The molecule has 0 fully saturated rings. The van der Waals surface area contributed by atoms with Gasteiger partial charge in [-0.3, -0.25) is 14.9 Å². The highest BCUT2D eigenvalue weighted by Crippen LogP contribution is 2.33. The van der Waals surface area contributed by atoms with Crippen LogP contribution in [0.1, 0.15) is 16.2 Å². The molecule has 0 spiro atoms. The van der Waals surface area contributed by atoms with Crippen LogP contribution < -0.4 is 10.6 Å². The summed E-state index contributed by atoms with van der Waals surface area (Å²) in [5.74, 6) is -0.247. The third kappa shape index (κ3) is 3.26. The molecule has 9 nitrogen and oxygen atoms in total. The van der Waals surface area contributed by atoms with Crippen molar-refractivity contribution in [1.29, 1.82) is 0 Å². The molecular weight excluding hydrogens is 302 g/mol. The van der Waals surface area contributed by atoms with Gasteiger partial charge < -0.3 is 15.2 Å². The van der Waals surface area contributed by atoms with Crippen molar-refractivity contribution in [2.75, 3.05) is 12.4 Å². The maximum atomic E-state index is 12.0. The first-order chi connectivity index (χ1) is 10.0. The molecule has 1 aromatic carbocycles. The lowest BCUT2D eigenvalue weighted by Gasteiger charge is -2.08. The average Bonchev–Trinajstić information content (AvgIpc) is 2.96. The van der Waals surface area contributed by atoms with E-state index in [1.54, 1.807) is 0 Å². The van der Waals surface area contributed by atoms with E-state index in [9.17, 15) is 14.9 Å². The van der Waals surface area contributed by atoms with Crippen molar-refractivity contribution in [3.8, 4) is 0 Å². The predicted octanol–water partition coefficient (Wildman–Crippen LogP) is 1.60. The maximum Gasteiger partial charge on any atom is 0.294 e. The number of hydrogen-bond donors (Lipinski definition) is 2. The van der Waals surface area contributed by atoms with Crippen molar-refractivity contribution in [2.45, 2.75) is 6.54 Å². The average molecular weight is 312 g/mol. The minimum Gasteiger partial charge on any atom is -0.381 e. The highest BCUT2D eigenvalue weighted by molar-refractivity contribution is 6.34. The molecule has 0 saturated heterocycles. The van der Waals surface area contributed by atoms with E-state index >= 15 is 0 Å². The number of carbonyl (C=O) groups is 1. The zero-order chi connectivity index (χ0) is 15.4. The first-order valence-electron chi connectivity index (χ1n) is 5.72. The van der Waals surface area contributed by atoms with Crippen LogP contribution in [0.4, 0.5) is 11.4 Å². The predicted molar refractivity (Wildman–Crippen MR) is 73.1 cm³/mol. The summed E-state index contributed by atoms with van der Waals surface area (Å²) in [7, 11) is 1.50. The Morgan fingerprint density at radius 3 is 2.86 bits per heavy atom. The Bertz CT molecular complexity index is 674. The van der Waals surface area contributed by atoms with Crippen LogP contribution in [-0.2, 0) is 6.54 Å². The van der Waals surface area contributed by atoms with Gasteiger partial charge in [-0.15, -0.1) is 0 Å². The molecule has 0 atom stereocenters. The summed E-state index contributed by atoms with van der Waals surface area (Å²) in [5, 5.41) is 19.7. The van der Waals surface area contributed by atoms with Crippen LogP contribution in [0.25, 0.3) is 0 Å². The number of nitro groups is 1. The van der Waals surface area contributed by atoms with Gasteiger partial charge in [0.1, 0.15) is 5.69 Å². The lowest BCUT2D eigenvalue weighted by molar-refractivity contribution is -0.383. The van der Waals surface area contributed by atoms with Crippen LogP contribution in [0.3, 0.4) is 0 Å². The van der Waals surface area contributed by atoms with Crippen LogP contribution in [0.2, 0.25) is 5.02 Å². The number of nitrogens with zero attached hydrogens (tertiary/aromatic N) is 3. The highest BCUT2D eigenvalue weighted by Gasteiger charge is 2.20. The number of nitrogens with one attached hydrogen (secondary N) is 2. The van der Waals surface area contributed by atoms with Crippen LogP contribution in [0.15, 0.2) is 23.0 Å². The number of benzene rings is 1. The van der Waals surface area contributed by atoms with Gasteiger partial charge in [-0.05, 0) is 6.07 Å². The van der Waals surface area contributed by atoms with Crippen molar-refractivity contribution in [2.24, 2.45) is 0 Å². The van der Waals surface area contributed by atoms with Crippen LogP contribution in [0, 0.1) is 10.1 Å². The second-order valence-electron chi connectivity index (χ2n) is 3.89. The van der Waals surface area contributed by atoms with Gasteiger partial charge in [-0.2, -0.15) is 4.98 Å². The normalized spacial score (nSPS) is 10.2.